The summed E-state index contributed by atoms with van der Waals surface area (Å²) in [4.78, 5) is 26.2. The number of carbonyl (C=O) groups is 2. The van der Waals surface area contributed by atoms with Gasteiger partial charge in [0.15, 0.2) is 0 Å². The lowest BCUT2D eigenvalue weighted by atomic mass is 9.84. The zero-order valence-electron chi connectivity index (χ0n) is 15.5. The van der Waals surface area contributed by atoms with Crippen LogP contribution >= 0.6 is 0 Å². The summed E-state index contributed by atoms with van der Waals surface area (Å²) >= 11 is 0. The van der Waals surface area contributed by atoms with E-state index >= 15 is 0 Å². The molecule has 0 aromatic heterocycles. The number of nitrogens with zero attached hydrogens (tertiary/aromatic N) is 1. The molecule has 2 aliphatic heterocycles. The van der Waals surface area contributed by atoms with E-state index in [2.05, 4.69) is 6.92 Å². The fourth-order valence-corrected chi connectivity index (χ4v) is 4.28. The third-order valence-electron chi connectivity index (χ3n) is 6.05. The van der Waals surface area contributed by atoms with Crippen LogP contribution in [0.25, 0.3) is 0 Å². The number of rotatable bonds is 5. The van der Waals surface area contributed by atoms with E-state index in [0.29, 0.717) is 17.4 Å². The Hall–Kier alpha value is -1.88. The molecule has 0 saturated carbocycles. The number of hydrogen-bond acceptors (Lipinski definition) is 3. The summed E-state index contributed by atoms with van der Waals surface area (Å²) in [5, 5.41) is 9.33. The second kappa shape index (κ2) is 8.67. The summed E-state index contributed by atoms with van der Waals surface area (Å²) in [5.74, 6) is 0.373. The first-order valence-corrected chi connectivity index (χ1v) is 9.74. The number of benzene rings is 1. The predicted octanol–water partition coefficient (Wildman–Crippen LogP) is 3.23. The molecular formula is C21H29NO4. The van der Waals surface area contributed by atoms with E-state index < -0.39 is 5.97 Å². The summed E-state index contributed by atoms with van der Waals surface area (Å²) in [6.45, 7) is 5.17. The molecule has 1 aromatic carbocycles. The minimum Gasteiger partial charge on any atom is -0.478 e. The molecule has 1 amide bonds. The highest BCUT2D eigenvalue weighted by Crippen LogP contribution is 2.28. The van der Waals surface area contributed by atoms with Crippen LogP contribution in [0.2, 0.25) is 0 Å². The largest absolute Gasteiger partial charge is 0.478 e. The van der Waals surface area contributed by atoms with Gasteiger partial charge in [-0.05, 0) is 55.6 Å². The van der Waals surface area contributed by atoms with E-state index in [9.17, 15) is 14.7 Å². The van der Waals surface area contributed by atoms with Crippen molar-refractivity contribution in [2.75, 3.05) is 26.3 Å². The maximum atomic E-state index is 12.8. The normalized spacial score (nSPS) is 20.7. The fourth-order valence-electron chi connectivity index (χ4n) is 4.28. The standard InChI is InChI=1S/C21H29NO4/c1-15(17-8-12-26-13-9-17)20(23)22-10-6-16(7-11-22)14-18-4-2-3-5-19(18)21(24)25/h2-5,15-17H,6-14H2,1H3,(H,24,25). The number of likely N-dealkylation sites (tertiary alicyclic amines) is 1. The Morgan fingerprint density at radius 2 is 1.81 bits per heavy atom. The van der Waals surface area contributed by atoms with E-state index in [1.54, 1.807) is 12.1 Å². The second-order valence-corrected chi connectivity index (χ2v) is 7.67. The van der Waals surface area contributed by atoms with Crippen molar-refractivity contribution >= 4 is 11.9 Å². The van der Waals surface area contributed by atoms with Gasteiger partial charge in [0.1, 0.15) is 0 Å². The number of piperidine rings is 1. The Labute approximate surface area is 155 Å². The molecule has 2 heterocycles. The Morgan fingerprint density at radius 1 is 1.15 bits per heavy atom. The maximum absolute atomic E-state index is 12.8. The number of carboxylic acid groups (broad SMARTS) is 1. The van der Waals surface area contributed by atoms with Crippen molar-refractivity contribution in [3.05, 3.63) is 35.4 Å². The van der Waals surface area contributed by atoms with Crippen LogP contribution in [0, 0.1) is 17.8 Å². The van der Waals surface area contributed by atoms with Crippen molar-refractivity contribution in [2.45, 2.75) is 39.0 Å². The van der Waals surface area contributed by atoms with E-state index in [4.69, 9.17) is 4.74 Å². The SMILES string of the molecule is CC(C(=O)N1CCC(Cc2ccccc2C(=O)O)CC1)C1CCOCC1. The number of carboxylic acids is 1. The molecule has 26 heavy (non-hydrogen) atoms. The molecule has 3 rings (SSSR count). The van der Waals surface area contributed by atoms with E-state index in [0.717, 1.165) is 64.0 Å². The number of aromatic carboxylic acids is 1. The van der Waals surface area contributed by atoms with Crippen LogP contribution in [0.4, 0.5) is 0 Å². The second-order valence-electron chi connectivity index (χ2n) is 7.67. The van der Waals surface area contributed by atoms with Gasteiger partial charge >= 0.3 is 5.97 Å². The lowest BCUT2D eigenvalue weighted by Gasteiger charge is -2.36. The molecule has 142 valence electrons. The minimum absolute atomic E-state index is 0.0724. The zero-order valence-corrected chi connectivity index (χ0v) is 15.5. The lowest BCUT2D eigenvalue weighted by Crippen LogP contribution is -2.43. The first-order valence-electron chi connectivity index (χ1n) is 9.74. The first kappa shape index (κ1) is 18.9. The minimum atomic E-state index is -0.862. The molecule has 0 bridgehead atoms. The molecule has 0 radical (unpaired) electrons. The van der Waals surface area contributed by atoms with Crippen LogP contribution in [-0.2, 0) is 16.0 Å². The van der Waals surface area contributed by atoms with Gasteiger partial charge in [-0.15, -0.1) is 0 Å². The van der Waals surface area contributed by atoms with Crippen LogP contribution in [0.5, 0.6) is 0 Å². The van der Waals surface area contributed by atoms with E-state index in [-0.39, 0.29) is 11.8 Å². The maximum Gasteiger partial charge on any atom is 0.335 e. The van der Waals surface area contributed by atoms with Crippen LogP contribution in [-0.4, -0.2) is 48.2 Å². The van der Waals surface area contributed by atoms with Gasteiger partial charge in [-0.3, -0.25) is 4.79 Å². The molecular weight excluding hydrogens is 330 g/mol. The Bertz CT molecular complexity index is 631. The van der Waals surface area contributed by atoms with Crippen molar-refractivity contribution in [3.8, 4) is 0 Å². The van der Waals surface area contributed by atoms with Crippen molar-refractivity contribution in [1.29, 1.82) is 0 Å². The number of ether oxygens (including phenoxy) is 1. The quantitative estimate of drug-likeness (QED) is 0.876. The number of carbonyl (C=O) groups excluding carboxylic acids is 1. The summed E-state index contributed by atoms with van der Waals surface area (Å²) in [6, 6.07) is 7.25. The van der Waals surface area contributed by atoms with Crippen LogP contribution in [0.1, 0.15) is 48.5 Å². The van der Waals surface area contributed by atoms with Gasteiger partial charge < -0.3 is 14.7 Å². The average Bonchev–Trinajstić information content (AvgIpc) is 2.68. The topological polar surface area (TPSA) is 66.8 Å². The summed E-state index contributed by atoms with van der Waals surface area (Å²) < 4.78 is 5.41. The van der Waals surface area contributed by atoms with Gasteiger partial charge in [0.05, 0.1) is 5.56 Å². The molecule has 2 fully saturated rings. The van der Waals surface area contributed by atoms with Crippen molar-refractivity contribution in [1.82, 2.24) is 4.90 Å². The van der Waals surface area contributed by atoms with Gasteiger partial charge in [0.25, 0.3) is 0 Å². The van der Waals surface area contributed by atoms with Gasteiger partial charge in [0.2, 0.25) is 5.91 Å². The molecule has 1 atom stereocenters. The van der Waals surface area contributed by atoms with Gasteiger partial charge in [-0.2, -0.15) is 0 Å². The molecule has 1 N–H and O–H groups in total. The highest BCUT2D eigenvalue weighted by molar-refractivity contribution is 5.89. The first-order chi connectivity index (χ1) is 12.6. The van der Waals surface area contributed by atoms with Gasteiger partial charge in [0, 0.05) is 32.2 Å². The molecule has 2 aliphatic rings. The number of amides is 1. The number of hydrogen-bond donors (Lipinski definition) is 1. The Balaban J connectivity index is 1.52. The Morgan fingerprint density at radius 3 is 2.46 bits per heavy atom. The van der Waals surface area contributed by atoms with Crippen LogP contribution in [0.15, 0.2) is 24.3 Å². The smallest absolute Gasteiger partial charge is 0.335 e. The third kappa shape index (κ3) is 4.44. The predicted molar refractivity (Wildman–Crippen MR) is 99.1 cm³/mol. The highest BCUT2D eigenvalue weighted by atomic mass is 16.5. The van der Waals surface area contributed by atoms with Crippen LogP contribution in [0.3, 0.4) is 0 Å². The van der Waals surface area contributed by atoms with Gasteiger partial charge in [-0.1, -0.05) is 25.1 Å². The molecule has 1 unspecified atom stereocenters. The zero-order chi connectivity index (χ0) is 18.5. The summed E-state index contributed by atoms with van der Waals surface area (Å²) in [7, 11) is 0. The third-order valence-corrected chi connectivity index (χ3v) is 6.05. The summed E-state index contributed by atoms with van der Waals surface area (Å²) in [6.07, 6.45) is 4.63. The fraction of sp³-hybridized carbons (Fsp3) is 0.619. The molecule has 1 aromatic rings. The molecule has 5 nitrogen and oxygen atoms in total. The van der Waals surface area contributed by atoms with Crippen molar-refractivity contribution in [3.63, 3.8) is 0 Å². The van der Waals surface area contributed by atoms with E-state index in [1.807, 2.05) is 17.0 Å². The molecule has 0 aliphatic carbocycles. The monoisotopic (exact) mass is 359 g/mol. The lowest BCUT2D eigenvalue weighted by molar-refractivity contribution is -0.139. The average molecular weight is 359 g/mol. The van der Waals surface area contributed by atoms with Crippen molar-refractivity contribution < 1.29 is 19.4 Å². The highest BCUT2D eigenvalue weighted by Gasteiger charge is 2.31. The molecule has 5 heteroatoms. The molecule has 0 spiro atoms. The van der Waals surface area contributed by atoms with E-state index in [1.165, 1.54) is 0 Å². The summed E-state index contributed by atoms with van der Waals surface area (Å²) in [5.41, 5.74) is 1.31. The molecule has 2 saturated heterocycles. The van der Waals surface area contributed by atoms with Crippen molar-refractivity contribution in [2.24, 2.45) is 17.8 Å². The Kier molecular flexibility index (Phi) is 6.30. The van der Waals surface area contributed by atoms with Crippen LogP contribution < -0.4 is 0 Å². The van der Waals surface area contributed by atoms with Gasteiger partial charge in [-0.25, -0.2) is 4.79 Å².